The van der Waals surface area contributed by atoms with E-state index < -0.39 is 17.5 Å². The highest BCUT2D eigenvalue weighted by Crippen LogP contribution is 2.37. The molecule has 0 saturated heterocycles. The summed E-state index contributed by atoms with van der Waals surface area (Å²) < 4.78 is 37.5. The third-order valence-corrected chi connectivity index (χ3v) is 4.02. The highest BCUT2D eigenvalue weighted by molar-refractivity contribution is 5.81. The van der Waals surface area contributed by atoms with Gasteiger partial charge < -0.3 is 5.32 Å². The van der Waals surface area contributed by atoms with Crippen LogP contribution in [0.4, 0.5) is 13.2 Å². The Morgan fingerprint density at radius 2 is 1.67 bits per heavy atom. The van der Waals surface area contributed by atoms with Gasteiger partial charge in [-0.25, -0.2) is 0 Å². The number of alkyl halides is 3. The average molecular weight is 265 g/mol. The van der Waals surface area contributed by atoms with E-state index in [-0.39, 0.29) is 24.8 Å². The summed E-state index contributed by atoms with van der Waals surface area (Å²) in [5, 5.41) is 2.88. The quantitative estimate of drug-likeness (QED) is 0.829. The lowest BCUT2D eigenvalue weighted by Crippen LogP contribution is -2.45. The zero-order valence-electron chi connectivity index (χ0n) is 11.2. The smallest absolute Gasteiger partial charge is 0.353 e. The summed E-state index contributed by atoms with van der Waals surface area (Å²) in [5.41, 5.74) is -0.444. The summed E-state index contributed by atoms with van der Waals surface area (Å²) in [4.78, 5) is 11.9. The van der Waals surface area contributed by atoms with E-state index in [0.717, 1.165) is 6.42 Å². The summed E-state index contributed by atoms with van der Waals surface area (Å²) >= 11 is 0. The molecule has 0 radical (unpaired) electrons. The van der Waals surface area contributed by atoms with Gasteiger partial charge in [-0.15, -0.1) is 0 Å². The van der Waals surface area contributed by atoms with Crippen LogP contribution in [-0.2, 0) is 4.79 Å². The number of rotatable bonds is 3. The summed E-state index contributed by atoms with van der Waals surface area (Å²) in [5.74, 6) is -1.25. The first-order chi connectivity index (χ1) is 8.16. The monoisotopic (exact) mass is 265 g/mol. The zero-order chi connectivity index (χ0) is 14.0. The predicted molar refractivity (Wildman–Crippen MR) is 64.0 cm³/mol. The molecule has 0 bridgehead atoms. The third-order valence-electron chi connectivity index (χ3n) is 4.02. The second-order valence-electron chi connectivity index (χ2n) is 5.80. The number of hydrogen-bond acceptors (Lipinski definition) is 1. The van der Waals surface area contributed by atoms with E-state index in [1.807, 2.05) is 20.8 Å². The van der Waals surface area contributed by atoms with Gasteiger partial charge in [0.05, 0.1) is 5.92 Å². The van der Waals surface area contributed by atoms with Gasteiger partial charge in [-0.2, -0.15) is 13.2 Å². The van der Waals surface area contributed by atoms with Gasteiger partial charge in [-0.1, -0.05) is 20.8 Å². The van der Waals surface area contributed by atoms with Gasteiger partial charge >= 0.3 is 6.18 Å². The van der Waals surface area contributed by atoms with Crippen molar-refractivity contribution in [3.8, 4) is 0 Å². The van der Waals surface area contributed by atoms with E-state index in [1.165, 1.54) is 0 Å². The summed E-state index contributed by atoms with van der Waals surface area (Å²) in [6.45, 7) is 5.63. The average Bonchev–Trinajstić information content (AvgIpc) is 2.28. The fraction of sp³-hybridized carbons (Fsp3) is 0.923. The van der Waals surface area contributed by atoms with Crippen molar-refractivity contribution in [3.05, 3.63) is 0 Å². The zero-order valence-corrected chi connectivity index (χ0v) is 11.2. The van der Waals surface area contributed by atoms with Crippen molar-refractivity contribution in [1.29, 1.82) is 0 Å². The van der Waals surface area contributed by atoms with Crippen LogP contribution in [0.15, 0.2) is 0 Å². The standard InChI is InChI=1S/C13H22F3NO/c1-4-12(2,3)11(18)17-10-7-5-9(6-8-10)13(14,15)16/h9-10H,4-8H2,1-3H3,(H,17,18). The molecule has 0 aliphatic heterocycles. The molecule has 1 amide bonds. The maximum absolute atomic E-state index is 12.5. The molecule has 106 valence electrons. The molecule has 5 heteroatoms. The lowest BCUT2D eigenvalue weighted by Gasteiger charge is -2.32. The minimum absolute atomic E-state index is 0.0551. The number of carbonyl (C=O) groups is 1. The van der Waals surface area contributed by atoms with E-state index in [2.05, 4.69) is 5.32 Å². The second-order valence-corrected chi connectivity index (χ2v) is 5.80. The van der Waals surface area contributed by atoms with Gasteiger partial charge in [0.1, 0.15) is 0 Å². The van der Waals surface area contributed by atoms with E-state index in [1.54, 1.807) is 0 Å². The molecule has 1 saturated carbocycles. The van der Waals surface area contributed by atoms with Crippen molar-refractivity contribution >= 4 is 5.91 Å². The van der Waals surface area contributed by atoms with Crippen LogP contribution in [0, 0.1) is 11.3 Å². The van der Waals surface area contributed by atoms with Crippen LogP contribution < -0.4 is 5.32 Å². The molecule has 0 spiro atoms. The third kappa shape index (κ3) is 3.89. The molecule has 1 aliphatic rings. The van der Waals surface area contributed by atoms with Gasteiger partial charge in [0.2, 0.25) is 5.91 Å². The number of amides is 1. The Hall–Kier alpha value is -0.740. The molecule has 0 heterocycles. The van der Waals surface area contributed by atoms with E-state index in [9.17, 15) is 18.0 Å². The molecule has 1 N–H and O–H groups in total. The van der Waals surface area contributed by atoms with Crippen LogP contribution in [0.2, 0.25) is 0 Å². The molecular weight excluding hydrogens is 243 g/mol. The molecule has 1 rings (SSSR count). The van der Waals surface area contributed by atoms with Gasteiger partial charge in [-0.3, -0.25) is 4.79 Å². The lowest BCUT2D eigenvalue weighted by molar-refractivity contribution is -0.182. The Bertz CT molecular complexity index is 291. The minimum Gasteiger partial charge on any atom is -0.353 e. The molecule has 0 unspecified atom stereocenters. The van der Waals surface area contributed by atoms with Crippen molar-refractivity contribution in [2.75, 3.05) is 0 Å². The second kappa shape index (κ2) is 5.49. The molecule has 0 atom stereocenters. The number of halogens is 3. The maximum atomic E-state index is 12.5. The van der Waals surface area contributed by atoms with Crippen molar-refractivity contribution in [2.24, 2.45) is 11.3 Å². The SMILES string of the molecule is CCC(C)(C)C(=O)NC1CCC(C(F)(F)F)CC1. The largest absolute Gasteiger partial charge is 0.391 e. The van der Waals surface area contributed by atoms with Gasteiger partial charge in [0, 0.05) is 11.5 Å². The van der Waals surface area contributed by atoms with Crippen LogP contribution in [0.3, 0.4) is 0 Å². The number of hydrogen-bond donors (Lipinski definition) is 1. The predicted octanol–water partition coefficient (Wildman–Crippen LogP) is 3.66. The lowest BCUT2D eigenvalue weighted by atomic mass is 9.84. The highest BCUT2D eigenvalue weighted by atomic mass is 19.4. The normalized spacial score (nSPS) is 25.9. The molecular formula is C13H22F3NO. The van der Waals surface area contributed by atoms with Crippen molar-refractivity contribution < 1.29 is 18.0 Å². The van der Waals surface area contributed by atoms with Crippen LogP contribution >= 0.6 is 0 Å². The van der Waals surface area contributed by atoms with Crippen molar-refractivity contribution in [3.63, 3.8) is 0 Å². The first-order valence-corrected chi connectivity index (χ1v) is 6.54. The fourth-order valence-electron chi connectivity index (χ4n) is 2.11. The molecule has 0 aromatic rings. The summed E-state index contributed by atoms with van der Waals surface area (Å²) in [6, 6.07) is -0.0954. The highest BCUT2D eigenvalue weighted by Gasteiger charge is 2.41. The van der Waals surface area contributed by atoms with Crippen LogP contribution in [0.1, 0.15) is 52.9 Å². The summed E-state index contributed by atoms with van der Waals surface area (Å²) in [7, 11) is 0. The Labute approximate surface area is 106 Å². The van der Waals surface area contributed by atoms with E-state index >= 15 is 0 Å². The Morgan fingerprint density at radius 1 is 1.17 bits per heavy atom. The Balaban J connectivity index is 2.43. The molecule has 0 aromatic heterocycles. The number of carbonyl (C=O) groups excluding carboxylic acids is 1. The van der Waals surface area contributed by atoms with Gasteiger partial charge in [-0.05, 0) is 32.1 Å². The Kier molecular flexibility index (Phi) is 4.67. The summed E-state index contributed by atoms with van der Waals surface area (Å²) in [6.07, 6.45) is -2.26. The van der Waals surface area contributed by atoms with Gasteiger partial charge in [0.25, 0.3) is 0 Å². The molecule has 0 aromatic carbocycles. The van der Waals surface area contributed by atoms with Crippen LogP contribution in [0.5, 0.6) is 0 Å². The Morgan fingerprint density at radius 3 is 2.06 bits per heavy atom. The van der Waals surface area contributed by atoms with E-state index in [4.69, 9.17) is 0 Å². The van der Waals surface area contributed by atoms with Crippen molar-refractivity contribution in [1.82, 2.24) is 5.32 Å². The molecule has 1 fully saturated rings. The molecule has 18 heavy (non-hydrogen) atoms. The van der Waals surface area contributed by atoms with E-state index in [0.29, 0.717) is 12.8 Å². The molecule has 2 nitrogen and oxygen atoms in total. The van der Waals surface area contributed by atoms with Crippen LogP contribution in [-0.4, -0.2) is 18.1 Å². The number of nitrogens with one attached hydrogen (secondary N) is 1. The first-order valence-electron chi connectivity index (χ1n) is 6.54. The maximum Gasteiger partial charge on any atom is 0.391 e. The minimum atomic E-state index is -4.09. The van der Waals surface area contributed by atoms with Crippen molar-refractivity contribution in [2.45, 2.75) is 65.1 Å². The fourth-order valence-corrected chi connectivity index (χ4v) is 2.11. The molecule has 1 aliphatic carbocycles. The van der Waals surface area contributed by atoms with Crippen LogP contribution in [0.25, 0.3) is 0 Å². The topological polar surface area (TPSA) is 29.1 Å². The van der Waals surface area contributed by atoms with Gasteiger partial charge in [0.15, 0.2) is 0 Å². The first kappa shape index (κ1) is 15.3.